The number of nitrogens with zero attached hydrogens (tertiary/aromatic N) is 2. The number of hydrogen-bond acceptors (Lipinski definition) is 6. The number of methoxy groups -OCH3 is 1. The zero-order valence-electron chi connectivity index (χ0n) is 8.39. The Labute approximate surface area is 92.8 Å². The molecule has 1 heterocycles. The molecular formula is C8H6F2N2O5. The summed E-state index contributed by atoms with van der Waals surface area (Å²) in [5, 5.41) is 19.9. The molecule has 0 radical (unpaired) electrons. The van der Waals surface area contributed by atoms with Crippen LogP contribution in [0, 0.1) is 10.1 Å². The maximum atomic E-state index is 12.4. The maximum absolute atomic E-state index is 12.4. The van der Waals surface area contributed by atoms with E-state index < -0.39 is 40.0 Å². The molecule has 92 valence electrons. The second kappa shape index (κ2) is 4.68. The number of esters is 1. The second-order valence-corrected chi connectivity index (χ2v) is 2.81. The fourth-order valence-corrected chi connectivity index (χ4v) is 1.10. The molecule has 0 saturated heterocycles. The summed E-state index contributed by atoms with van der Waals surface area (Å²) < 4.78 is 29.0. The summed E-state index contributed by atoms with van der Waals surface area (Å²) in [4.78, 5) is 23.6. The fraction of sp³-hybridized carbons (Fsp3) is 0.250. The first kappa shape index (κ1) is 12.7. The van der Waals surface area contributed by atoms with Gasteiger partial charge in [0.15, 0.2) is 5.69 Å². The third-order valence-corrected chi connectivity index (χ3v) is 1.85. The van der Waals surface area contributed by atoms with Crippen LogP contribution >= 0.6 is 0 Å². The molecule has 7 nitrogen and oxygen atoms in total. The van der Waals surface area contributed by atoms with E-state index >= 15 is 0 Å². The molecule has 1 aromatic rings. The second-order valence-electron chi connectivity index (χ2n) is 2.81. The van der Waals surface area contributed by atoms with Gasteiger partial charge in [-0.15, -0.1) is 0 Å². The summed E-state index contributed by atoms with van der Waals surface area (Å²) in [6, 6.07) is 0. The summed E-state index contributed by atoms with van der Waals surface area (Å²) in [6.45, 7) is 0. The van der Waals surface area contributed by atoms with E-state index in [1.807, 2.05) is 0 Å². The highest BCUT2D eigenvalue weighted by Gasteiger charge is 2.31. The van der Waals surface area contributed by atoms with Gasteiger partial charge in [-0.2, -0.15) is 0 Å². The number of pyridine rings is 1. The van der Waals surface area contributed by atoms with Crippen molar-refractivity contribution in [3.8, 4) is 5.75 Å². The van der Waals surface area contributed by atoms with Crippen LogP contribution in [0.25, 0.3) is 0 Å². The Morgan fingerprint density at radius 1 is 1.65 bits per heavy atom. The minimum Gasteiger partial charge on any atom is -0.500 e. The van der Waals surface area contributed by atoms with Gasteiger partial charge in [-0.1, -0.05) is 0 Å². The fourth-order valence-electron chi connectivity index (χ4n) is 1.10. The van der Waals surface area contributed by atoms with Crippen molar-refractivity contribution in [1.29, 1.82) is 0 Å². The van der Waals surface area contributed by atoms with E-state index in [9.17, 15) is 28.8 Å². The number of hydrogen-bond donors (Lipinski definition) is 1. The molecule has 0 spiro atoms. The summed E-state index contributed by atoms with van der Waals surface area (Å²) >= 11 is 0. The molecule has 0 unspecified atom stereocenters. The molecule has 9 heteroatoms. The van der Waals surface area contributed by atoms with Crippen molar-refractivity contribution in [2.75, 3.05) is 7.11 Å². The first-order valence-electron chi connectivity index (χ1n) is 4.12. The lowest BCUT2D eigenvalue weighted by Crippen LogP contribution is -2.08. The van der Waals surface area contributed by atoms with Crippen LogP contribution in [0.2, 0.25) is 0 Å². The third-order valence-electron chi connectivity index (χ3n) is 1.85. The highest BCUT2D eigenvalue weighted by atomic mass is 19.3. The van der Waals surface area contributed by atoms with Gasteiger partial charge in [-0.25, -0.2) is 18.6 Å². The van der Waals surface area contributed by atoms with Crippen LogP contribution in [0.5, 0.6) is 5.75 Å². The van der Waals surface area contributed by atoms with Gasteiger partial charge in [0.1, 0.15) is 5.56 Å². The van der Waals surface area contributed by atoms with Crippen molar-refractivity contribution in [2.24, 2.45) is 0 Å². The third kappa shape index (κ3) is 2.27. The average Bonchev–Trinajstić information content (AvgIpc) is 2.26. The number of alkyl halides is 2. The Bertz CT molecular complexity index is 477. The van der Waals surface area contributed by atoms with Crippen molar-refractivity contribution in [1.82, 2.24) is 4.98 Å². The standard InChI is InChI=1S/C8H6F2N2O5/c1-17-8(14)4-6(13)5(12(15)16)3(2-11-4)7(9)10/h2,7,13H,1H3. The van der Waals surface area contributed by atoms with Gasteiger partial charge >= 0.3 is 11.7 Å². The van der Waals surface area contributed by atoms with Gasteiger partial charge in [0.05, 0.1) is 12.0 Å². The van der Waals surface area contributed by atoms with Gasteiger partial charge in [0.2, 0.25) is 5.75 Å². The molecule has 1 N–H and O–H groups in total. The van der Waals surface area contributed by atoms with Crippen LogP contribution in [-0.2, 0) is 4.74 Å². The van der Waals surface area contributed by atoms with Crippen molar-refractivity contribution in [3.63, 3.8) is 0 Å². The Hall–Kier alpha value is -2.32. The van der Waals surface area contributed by atoms with Crippen LogP contribution < -0.4 is 0 Å². The largest absolute Gasteiger partial charge is 0.500 e. The van der Waals surface area contributed by atoms with Gasteiger partial charge in [-0.05, 0) is 0 Å². The minimum atomic E-state index is -3.19. The van der Waals surface area contributed by atoms with E-state index in [0.29, 0.717) is 6.20 Å². The van der Waals surface area contributed by atoms with E-state index in [2.05, 4.69) is 9.72 Å². The first-order valence-corrected chi connectivity index (χ1v) is 4.12. The molecule has 17 heavy (non-hydrogen) atoms. The van der Waals surface area contributed by atoms with Crippen molar-refractivity contribution >= 4 is 11.7 Å². The van der Waals surface area contributed by atoms with Crippen LogP contribution in [0.3, 0.4) is 0 Å². The molecule has 1 aromatic heterocycles. The van der Waals surface area contributed by atoms with Crippen LogP contribution in [0.1, 0.15) is 22.5 Å². The highest BCUT2D eigenvalue weighted by molar-refractivity contribution is 5.91. The zero-order valence-corrected chi connectivity index (χ0v) is 8.39. The van der Waals surface area contributed by atoms with Crippen molar-refractivity contribution < 1.29 is 28.3 Å². The minimum absolute atomic E-state index is 0.453. The summed E-state index contributed by atoms with van der Waals surface area (Å²) in [7, 11) is 0.955. The average molecular weight is 248 g/mol. The molecule has 0 aliphatic carbocycles. The molecule has 0 saturated carbocycles. The SMILES string of the molecule is COC(=O)c1ncc(C(F)F)c([N+](=O)[O-])c1O. The van der Waals surface area contributed by atoms with Crippen molar-refractivity contribution in [2.45, 2.75) is 6.43 Å². The summed E-state index contributed by atoms with van der Waals surface area (Å²) in [6.07, 6.45) is -2.74. The van der Waals surface area contributed by atoms with E-state index in [1.165, 1.54) is 0 Å². The number of carbonyl (C=O) groups excluding carboxylic acids is 1. The topological polar surface area (TPSA) is 103 Å². The lowest BCUT2D eigenvalue weighted by atomic mass is 10.2. The van der Waals surface area contributed by atoms with E-state index in [0.717, 1.165) is 7.11 Å². The van der Waals surface area contributed by atoms with E-state index in [1.54, 1.807) is 0 Å². The quantitative estimate of drug-likeness (QED) is 0.493. The van der Waals surface area contributed by atoms with Crippen LogP contribution in [-0.4, -0.2) is 28.1 Å². The molecule has 0 amide bonds. The Morgan fingerprint density at radius 2 is 2.24 bits per heavy atom. The Morgan fingerprint density at radius 3 is 2.65 bits per heavy atom. The summed E-state index contributed by atoms with van der Waals surface area (Å²) in [5.74, 6) is -2.40. The van der Waals surface area contributed by atoms with Gasteiger partial charge in [-0.3, -0.25) is 10.1 Å². The number of nitro groups is 1. The van der Waals surface area contributed by atoms with E-state index in [-0.39, 0.29) is 0 Å². The number of ether oxygens (including phenoxy) is 1. The first-order chi connectivity index (χ1) is 7.90. The Kier molecular flexibility index (Phi) is 3.51. The Balaban J connectivity index is 3.49. The smallest absolute Gasteiger partial charge is 0.360 e. The molecule has 0 aliphatic heterocycles. The van der Waals surface area contributed by atoms with Gasteiger partial charge in [0, 0.05) is 6.20 Å². The van der Waals surface area contributed by atoms with Crippen LogP contribution in [0.4, 0.5) is 14.5 Å². The molecular weight excluding hydrogens is 242 g/mol. The molecule has 0 fully saturated rings. The maximum Gasteiger partial charge on any atom is 0.360 e. The molecule has 0 aromatic carbocycles. The summed E-state index contributed by atoms with van der Waals surface area (Å²) in [5.41, 5.74) is -3.11. The van der Waals surface area contributed by atoms with Crippen molar-refractivity contribution in [3.05, 3.63) is 27.6 Å². The molecule has 0 atom stereocenters. The number of aromatic hydroxyl groups is 1. The number of aromatic nitrogens is 1. The number of rotatable bonds is 3. The van der Waals surface area contributed by atoms with Gasteiger partial charge < -0.3 is 9.84 Å². The monoisotopic (exact) mass is 248 g/mol. The number of carbonyl (C=O) groups is 1. The van der Waals surface area contributed by atoms with E-state index in [4.69, 9.17) is 0 Å². The lowest BCUT2D eigenvalue weighted by molar-refractivity contribution is -0.387. The van der Waals surface area contributed by atoms with Gasteiger partial charge in [0.25, 0.3) is 6.43 Å². The highest BCUT2D eigenvalue weighted by Crippen LogP contribution is 2.37. The normalized spacial score (nSPS) is 10.4. The molecule has 0 aliphatic rings. The predicted octanol–water partition coefficient (Wildman–Crippen LogP) is 1.42. The molecule has 1 rings (SSSR count). The predicted molar refractivity (Wildman–Crippen MR) is 48.9 cm³/mol. The zero-order chi connectivity index (χ0) is 13.2. The van der Waals surface area contributed by atoms with Crippen LogP contribution in [0.15, 0.2) is 6.20 Å². The number of halogens is 2. The lowest BCUT2D eigenvalue weighted by Gasteiger charge is -2.06. The molecule has 0 bridgehead atoms.